The summed E-state index contributed by atoms with van der Waals surface area (Å²) in [5, 5.41) is 9.77. The Hall–Kier alpha value is -3.44. The lowest BCUT2D eigenvalue weighted by atomic mass is 9.88. The summed E-state index contributed by atoms with van der Waals surface area (Å²) in [6, 6.07) is 19.6. The van der Waals surface area contributed by atoms with Crippen LogP contribution in [0.3, 0.4) is 0 Å². The molecule has 0 saturated carbocycles. The number of carboxylic acids is 1. The van der Waals surface area contributed by atoms with Gasteiger partial charge >= 0.3 is 5.97 Å². The lowest BCUT2D eigenvalue weighted by Gasteiger charge is -2.41. The van der Waals surface area contributed by atoms with Gasteiger partial charge < -0.3 is 9.67 Å². The smallest absolute Gasteiger partial charge is 0.323 e. The van der Waals surface area contributed by atoms with E-state index in [4.69, 9.17) is 0 Å². The largest absolute Gasteiger partial charge is 0.480 e. The van der Waals surface area contributed by atoms with Gasteiger partial charge in [-0.05, 0) is 62.9 Å². The van der Waals surface area contributed by atoms with Gasteiger partial charge in [0.2, 0.25) is 5.78 Å². The summed E-state index contributed by atoms with van der Waals surface area (Å²) in [6.45, 7) is 5.86. The van der Waals surface area contributed by atoms with Crippen LogP contribution in [0.2, 0.25) is 0 Å². The number of aromatic nitrogens is 1. The minimum Gasteiger partial charge on any atom is -0.480 e. The molecule has 0 aliphatic carbocycles. The lowest BCUT2D eigenvalue weighted by molar-refractivity contribution is -0.153. The van der Waals surface area contributed by atoms with Gasteiger partial charge in [-0.15, -0.1) is 0 Å². The molecule has 1 N–H and O–H groups in total. The molecule has 0 spiro atoms. The van der Waals surface area contributed by atoms with Gasteiger partial charge in [0.15, 0.2) is 0 Å². The van der Waals surface area contributed by atoms with E-state index in [-0.39, 0.29) is 5.78 Å². The van der Waals surface area contributed by atoms with Gasteiger partial charge in [0, 0.05) is 24.8 Å². The van der Waals surface area contributed by atoms with Crippen LogP contribution >= 0.6 is 0 Å². The number of ketones is 1. The van der Waals surface area contributed by atoms with Crippen molar-refractivity contribution in [2.24, 2.45) is 0 Å². The fourth-order valence-corrected chi connectivity index (χ4v) is 4.62. The zero-order chi connectivity index (χ0) is 24.1. The summed E-state index contributed by atoms with van der Waals surface area (Å²) in [6.07, 6.45) is 8.69. The summed E-state index contributed by atoms with van der Waals surface area (Å²) >= 11 is 0. The number of nitrogens with zero attached hydrogens (tertiary/aromatic N) is 2. The van der Waals surface area contributed by atoms with Crippen LogP contribution in [0.4, 0.5) is 0 Å². The maximum Gasteiger partial charge on any atom is 0.323 e. The number of hydrogen-bond acceptors (Lipinski definition) is 3. The SMILES string of the molecule is Cc1ccc(C(=O)c2cccn2C/C=C/c2cccc(CN3CCCCC3(C)C(=O)O)c2)cc1. The van der Waals surface area contributed by atoms with Crippen LogP contribution in [0, 0.1) is 6.92 Å². The fourth-order valence-electron chi connectivity index (χ4n) is 4.62. The normalized spacial score (nSPS) is 18.9. The maximum absolute atomic E-state index is 12.9. The Kier molecular flexibility index (Phi) is 7.13. The number of benzene rings is 2. The standard InChI is InChI=1S/C29H32N2O3/c1-22-12-14-25(15-13-22)27(32)26-11-7-18-30(26)17-6-10-23-8-5-9-24(20-23)21-31-19-4-3-16-29(31,2)28(33)34/h5-15,18,20H,3-4,16-17,19,21H2,1-2H3,(H,33,34)/b10-6+. The monoisotopic (exact) mass is 456 g/mol. The molecule has 0 amide bonds. The molecule has 5 nitrogen and oxygen atoms in total. The molecular weight excluding hydrogens is 424 g/mol. The molecule has 1 aliphatic heterocycles. The van der Waals surface area contributed by atoms with E-state index >= 15 is 0 Å². The molecule has 1 saturated heterocycles. The molecule has 1 aliphatic rings. The van der Waals surface area contributed by atoms with Crippen LogP contribution < -0.4 is 0 Å². The van der Waals surface area contributed by atoms with Gasteiger partial charge in [-0.3, -0.25) is 14.5 Å². The van der Waals surface area contributed by atoms with Crippen molar-refractivity contribution in [1.82, 2.24) is 9.47 Å². The molecular formula is C29H32N2O3. The summed E-state index contributed by atoms with van der Waals surface area (Å²) in [7, 11) is 0. The second-order valence-corrected chi connectivity index (χ2v) is 9.35. The van der Waals surface area contributed by atoms with Gasteiger partial charge in [0.25, 0.3) is 0 Å². The van der Waals surface area contributed by atoms with E-state index in [0.717, 1.165) is 36.1 Å². The third-order valence-electron chi connectivity index (χ3n) is 6.81. The summed E-state index contributed by atoms with van der Waals surface area (Å²) in [5.74, 6) is -0.727. The van der Waals surface area contributed by atoms with Crippen LogP contribution in [0.1, 0.15) is 58.9 Å². The molecule has 1 aromatic heterocycles. The van der Waals surface area contributed by atoms with Crippen molar-refractivity contribution in [2.45, 2.75) is 51.7 Å². The topological polar surface area (TPSA) is 62.5 Å². The number of allylic oxidation sites excluding steroid dienone is 1. The lowest BCUT2D eigenvalue weighted by Crippen LogP contribution is -2.54. The number of rotatable bonds is 8. The molecule has 1 unspecified atom stereocenters. The second-order valence-electron chi connectivity index (χ2n) is 9.35. The summed E-state index contributed by atoms with van der Waals surface area (Å²) in [4.78, 5) is 26.9. The maximum atomic E-state index is 12.9. The van der Waals surface area contributed by atoms with Crippen LogP contribution in [0.25, 0.3) is 6.08 Å². The average Bonchev–Trinajstić information content (AvgIpc) is 3.29. The molecule has 2 heterocycles. The van der Waals surface area contributed by atoms with Crippen molar-refractivity contribution in [1.29, 1.82) is 0 Å². The molecule has 2 aromatic carbocycles. The van der Waals surface area contributed by atoms with Crippen molar-refractivity contribution in [3.8, 4) is 0 Å². The third-order valence-corrected chi connectivity index (χ3v) is 6.81. The number of carbonyl (C=O) groups is 2. The molecule has 4 rings (SSSR count). The Morgan fingerprint density at radius 1 is 1.06 bits per heavy atom. The molecule has 3 aromatic rings. The minimum absolute atomic E-state index is 0.0170. The first-order valence-corrected chi connectivity index (χ1v) is 11.9. The predicted octanol–water partition coefficient (Wildman–Crippen LogP) is 5.57. The van der Waals surface area contributed by atoms with Crippen LogP contribution in [-0.4, -0.2) is 38.4 Å². The highest BCUT2D eigenvalue weighted by Gasteiger charge is 2.41. The van der Waals surface area contributed by atoms with E-state index in [1.54, 1.807) is 0 Å². The van der Waals surface area contributed by atoms with Crippen molar-refractivity contribution in [3.63, 3.8) is 0 Å². The van der Waals surface area contributed by atoms with Crippen molar-refractivity contribution in [3.05, 3.63) is 101 Å². The predicted molar refractivity (Wildman–Crippen MR) is 135 cm³/mol. The number of hydrogen-bond donors (Lipinski definition) is 1. The number of likely N-dealkylation sites (tertiary alicyclic amines) is 1. The van der Waals surface area contributed by atoms with Crippen LogP contribution in [0.5, 0.6) is 0 Å². The molecule has 176 valence electrons. The van der Waals surface area contributed by atoms with Gasteiger partial charge in [0.05, 0.1) is 5.69 Å². The molecule has 1 atom stereocenters. The fraction of sp³-hybridized carbons (Fsp3) is 0.310. The van der Waals surface area contributed by atoms with Crippen LogP contribution in [0.15, 0.2) is 72.9 Å². The third kappa shape index (κ3) is 5.20. The Bertz CT molecular complexity index is 1190. The Balaban J connectivity index is 1.43. The van der Waals surface area contributed by atoms with E-state index in [1.165, 1.54) is 0 Å². The van der Waals surface area contributed by atoms with E-state index < -0.39 is 11.5 Å². The van der Waals surface area contributed by atoms with Gasteiger partial charge in [-0.1, -0.05) is 66.2 Å². The number of aliphatic carboxylic acids is 1. The number of aryl methyl sites for hydroxylation is 1. The van der Waals surface area contributed by atoms with Crippen molar-refractivity contribution in [2.75, 3.05) is 6.54 Å². The summed E-state index contributed by atoms with van der Waals surface area (Å²) < 4.78 is 1.95. The zero-order valence-corrected chi connectivity index (χ0v) is 19.9. The van der Waals surface area contributed by atoms with E-state index in [9.17, 15) is 14.7 Å². The first-order chi connectivity index (χ1) is 16.4. The highest BCUT2D eigenvalue weighted by molar-refractivity contribution is 6.08. The van der Waals surface area contributed by atoms with Crippen LogP contribution in [-0.2, 0) is 17.9 Å². The van der Waals surface area contributed by atoms with Crippen molar-refractivity contribution < 1.29 is 14.7 Å². The van der Waals surface area contributed by atoms with Crippen molar-refractivity contribution >= 4 is 17.8 Å². The number of carbonyl (C=O) groups excluding carboxylic acids is 1. The van der Waals surface area contributed by atoms with E-state index in [2.05, 4.69) is 23.1 Å². The number of piperidine rings is 1. The molecule has 1 fully saturated rings. The van der Waals surface area contributed by atoms with Gasteiger partial charge in [-0.2, -0.15) is 0 Å². The second kappa shape index (κ2) is 10.2. The quantitative estimate of drug-likeness (QED) is 0.450. The molecule has 0 radical (unpaired) electrons. The highest BCUT2D eigenvalue weighted by atomic mass is 16.4. The summed E-state index contributed by atoms with van der Waals surface area (Å²) in [5.41, 5.74) is 3.84. The molecule has 34 heavy (non-hydrogen) atoms. The minimum atomic E-state index is -0.807. The average molecular weight is 457 g/mol. The number of carboxylic acid groups (broad SMARTS) is 1. The molecule has 5 heteroatoms. The Morgan fingerprint density at radius 3 is 2.62 bits per heavy atom. The van der Waals surface area contributed by atoms with E-state index in [0.29, 0.717) is 30.8 Å². The Labute approximate surface area is 201 Å². The highest BCUT2D eigenvalue weighted by Crippen LogP contribution is 2.30. The Morgan fingerprint density at radius 2 is 1.85 bits per heavy atom. The first-order valence-electron chi connectivity index (χ1n) is 11.9. The first kappa shape index (κ1) is 23.7. The zero-order valence-electron chi connectivity index (χ0n) is 19.9. The molecule has 0 bridgehead atoms. The van der Waals surface area contributed by atoms with Gasteiger partial charge in [-0.25, -0.2) is 0 Å². The van der Waals surface area contributed by atoms with Gasteiger partial charge in [0.1, 0.15) is 5.54 Å². The van der Waals surface area contributed by atoms with E-state index in [1.807, 2.05) is 79.2 Å².